The van der Waals surface area contributed by atoms with Crippen molar-refractivity contribution < 1.29 is 8.83 Å². The number of rotatable bonds is 5. The molecule has 4 aromatic heterocycles. The molecule has 6 nitrogen and oxygen atoms in total. The maximum absolute atomic E-state index is 6.57. The Labute approximate surface area is 325 Å². The highest BCUT2D eigenvalue weighted by atomic mass is 16.3. The molecule has 0 aliphatic heterocycles. The maximum Gasteiger partial charge on any atom is 0.238 e. The first kappa shape index (κ1) is 31.5. The number of fused-ring (bicyclic) bond motifs is 9. The third-order valence-corrected chi connectivity index (χ3v) is 11.1. The Morgan fingerprint density at radius 2 is 0.895 bits per heavy atom. The molecule has 12 rings (SSSR count). The van der Waals surface area contributed by atoms with Crippen LogP contribution >= 0.6 is 0 Å². The minimum Gasteiger partial charge on any atom is -0.456 e. The number of benzene rings is 8. The van der Waals surface area contributed by atoms with Crippen LogP contribution in [0.1, 0.15) is 0 Å². The van der Waals surface area contributed by atoms with Crippen LogP contribution in [0.4, 0.5) is 0 Å². The predicted octanol–water partition coefficient (Wildman–Crippen LogP) is 13.4. The van der Waals surface area contributed by atoms with Crippen LogP contribution < -0.4 is 0 Å². The summed E-state index contributed by atoms with van der Waals surface area (Å²) in [4.78, 5) is 15.6. The van der Waals surface area contributed by atoms with Gasteiger partial charge in [-0.15, -0.1) is 0 Å². The summed E-state index contributed by atoms with van der Waals surface area (Å²) in [6.07, 6.45) is 0. The molecule has 0 saturated heterocycles. The van der Waals surface area contributed by atoms with Gasteiger partial charge in [0, 0.05) is 43.4 Å². The summed E-state index contributed by atoms with van der Waals surface area (Å²) in [5, 5.41) is 6.38. The van der Waals surface area contributed by atoms with Gasteiger partial charge in [0.2, 0.25) is 5.95 Å². The molecule has 0 radical (unpaired) electrons. The van der Waals surface area contributed by atoms with Gasteiger partial charge in [0.15, 0.2) is 11.6 Å². The Morgan fingerprint density at radius 3 is 1.56 bits per heavy atom. The van der Waals surface area contributed by atoms with E-state index in [1.54, 1.807) is 0 Å². The van der Waals surface area contributed by atoms with E-state index in [-0.39, 0.29) is 0 Å². The lowest BCUT2D eigenvalue weighted by atomic mass is 9.99. The first-order valence-electron chi connectivity index (χ1n) is 19.0. The summed E-state index contributed by atoms with van der Waals surface area (Å²) in [6.45, 7) is 0. The van der Waals surface area contributed by atoms with Gasteiger partial charge in [-0.3, -0.25) is 4.57 Å². The Bertz CT molecular complexity index is 3510. The Hall–Kier alpha value is -7.83. The van der Waals surface area contributed by atoms with Gasteiger partial charge in [-0.1, -0.05) is 140 Å². The largest absolute Gasteiger partial charge is 0.456 e. The maximum atomic E-state index is 6.57. The lowest BCUT2D eigenvalue weighted by Crippen LogP contribution is -2.06. The molecule has 0 atom stereocenters. The van der Waals surface area contributed by atoms with E-state index in [4.69, 9.17) is 23.8 Å². The summed E-state index contributed by atoms with van der Waals surface area (Å²) in [6, 6.07) is 62.6. The quantitative estimate of drug-likeness (QED) is 0.176. The molecule has 8 aromatic carbocycles. The average Bonchev–Trinajstić information content (AvgIpc) is 3.95. The van der Waals surface area contributed by atoms with Gasteiger partial charge in [-0.05, 0) is 64.7 Å². The van der Waals surface area contributed by atoms with Crippen molar-refractivity contribution in [2.24, 2.45) is 0 Å². The number of furan rings is 2. The highest BCUT2D eigenvalue weighted by Crippen LogP contribution is 2.42. The smallest absolute Gasteiger partial charge is 0.238 e. The fraction of sp³-hybridized carbons (Fsp3) is 0. The van der Waals surface area contributed by atoms with Crippen LogP contribution in [0.5, 0.6) is 0 Å². The van der Waals surface area contributed by atoms with E-state index in [9.17, 15) is 0 Å². The summed E-state index contributed by atoms with van der Waals surface area (Å²) < 4.78 is 15.3. The molecular weight excluding hydrogens is 701 g/mol. The van der Waals surface area contributed by atoms with Crippen molar-refractivity contribution in [3.63, 3.8) is 0 Å². The van der Waals surface area contributed by atoms with Gasteiger partial charge in [-0.25, -0.2) is 4.98 Å². The highest BCUT2D eigenvalue weighted by Gasteiger charge is 2.22. The fourth-order valence-corrected chi connectivity index (χ4v) is 8.49. The minimum atomic E-state index is 0.525. The zero-order valence-corrected chi connectivity index (χ0v) is 30.4. The van der Waals surface area contributed by atoms with Crippen molar-refractivity contribution in [3.8, 4) is 51.0 Å². The number of para-hydroxylation sites is 1. The van der Waals surface area contributed by atoms with Gasteiger partial charge >= 0.3 is 0 Å². The van der Waals surface area contributed by atoms with Crippen molar-refractivity contribution in [3.05, 3.63) is 182 Å². The summed E-state index contributed by atoms with van der Waals surface area (Å²) in [7, 11) is 0. The molecule has 4 heterocycles. The second-order valence-corrected chi connectivity index (χ2v) is 14.4. The monoisotopic (exact) mass is 730 g/mol. The van der Waals surface area contributed by atoms with Crippen LogP contribution in [0.2, 0.25) is 0 Å². The van der Waals surface area contributed by atoms with Crippen molar-refractivity contribution in [2.75, 3.05) is 0 Å². The molecule has 0 bridgehead atoms. The molecule has 0 unspecified atom stereocenters. The molecule has 266 valence electrons. The van der Waals surface area contributed by atoms with Crippen LogP contribution in [0.3, 0.4) is 0 Å². The van der Waals surface area contributed by atoms with E-state index < -0.39 is 0 Å². The Kier molecular flexibility index (Phi) is 6.83. The van der Waals surface area contributed by atoms with E-state index in [0.717, 1.165) is 99.1 Å². The van der Waals surface area contributed by atoms with Gasteiger partial charge < -0.3 is 8.83 Å². The van der Waals surface area contributed by atoms with Gasteiger partial charge in [-0.2, -0.15) is 9.97 Å². The van der Waals surface area contributed by atoms with E-state index in [2.05, 4.69) is 126 Å². The molecule has 0 fully saturated rings. The lowest BCUT2D eigenvalue weighted by molar-refractivity contribution is 0.669. The predicted molar refractivity (Wildman–Crippen MR) is 230 cm³/mol. The second kappa shape index (κ2) is 12.3. The number of hydrogen-bond acceptors (Lipinski definition) is 5. The SMILES string of the molecule is c1ccc(-c2nc(-c3ccc4c(c3)oc3cccc(-c5ccccc5)c34)nc(-n3c4ccccc4c4cc5oc6cccc(-c7ccccc7)c6c5cc43)n2)cc1. The Morgan fingerprint density at radius 1 is 0.333 bits per heavy atom. The van der Waals surface area contributed by atoms with Crippen LogP contribution in [0, 0.1) is 0 Å². The zero-order valence-electron chi connectivity index (χ0n) is 30.4. The molecule has 0 aliphatic rings. The fourth-order valence-electron chi connectivity index (χ4n) is 8.49. The summed E-state index contributed by atoms with van der Waals surface area (Å²) in [5.74, 6) is 1.66. The van der Waals surface area contributed by atoms with Crippen molar-refractivity contribution in [1.29, 1.82) is 0 Å². The molecule has 12 aromatic rings. The van der Waals surface area contributed by atoms with Crippen LogP contribution in [-0.2, 0) is 0 Å². The molecule has 0 N–H and O–H groups in total. The molecule has 0 saturated carbocycles. The first-order valence-corrected chi connectivity index (χ1v) is 19.0. The molecule has 0 spiro atoms. The second-order valence-electron chi connectivity index (χ2n) is 14.4. The Balaban J connectivity index is 1.11. The van der Waals surface area contributed by atoms with Crippen LogP contribution in [0.25, 0.3) is 117 Å². The standard InChI is InChI=1S/C51H30N4O2/c1-4-14-31(15-5-1)35-21-12-24-43-47(35)38-27-26-34(28-45(38)56-43)50-52-49(33-18-8-3-9-19-33)53-51(54-50)55-41-23-11-10-20-37(41)39-30-46-40(29-42(39)55)48-36(22-13-25-44(48)57-46)32-16-6-2-7-17-32/h1-30H. The van der Waals surface area contributed by atoms with E-state index in [1.165, 1.54) is 0 Å². The number of hydrogen-bond donors (Lipinski definition) is 0. The molecule has 0 aliphatic carbocycles. The van der Waals surface area contributed by atoms with E-state index >= 15 is 0 Å². The summed E-state index contributed by atoms with van der Waals surface area (Å²) in [5.41, 5.74) is 11.5. The van der Waals surface area contributed by atoms with Crippen LogP contribution in [0.15, 0.2) is 191 Å². The van der Waals surface area contributed by atoms with E-state index in [0.29, 0.717) is 17.6 Å². The number of nitrogens with zero attached hydrogens (tertiary/aromatic N) is 4. The highest BCUT2D eigenvalue weighted by molar-refractivity contribution is 6.19. The van der Waals surface area contributed by atoms with Gasteiger partial charge in [0.25, 0.3) is 0 Å². The average molecular weight is 731 g/mol. The van der Waals surface area contributed by atoms with E-state index in [1.807, 2.05) is 60.7 Å². The first-order chi connectivity index (χ1) is 28.2. The van der Waals surface area contributed by atoms with Crippen molar-refractivity contribution in [2.45, 2.75) is 0 Å². The van der Waals surface area contributed by atoms with Crippen LogP contribution in [-0.4, -0.2) is 19.5 Å². The normalized spacial score (nSPS) is 11.9. The van der Waals surface area contributed by atoms with Gasteiger partial charge in [0.1, 0.15) is 22.3 Å². The number of aromatic nitrogens is 4. The molecule has 6 heteroatoms. The third-order valence-electron chi connectivity index (χ3n) is 11.1. The lowest BCUT2D eigenvalue weighted by Gasteiger charge is -2.11. The van der Waals surface area contributed by atoms with Crippen molar-refractivity contribution in [1.82, 2.24) is 19.5 Å². The zero-order chi connectivity index (χ0) is 37.5. The minimum absolute atomic E-state index is 0.525. The summed E-state index contributed by atoms with van der Waals surface area (Å²) >= 11 is 0. The van der Waals surface area contributed by atoms with Crippen molar-refractivity contribution >= 4 is 65.7 Å². The molecule has 0 amide bonds. The van der Waals surface area contributed by atoms with Gasteiger partial charge in [0.05, 0.1) is 11.0 Å². The molecule has 57 heavy (non-hydrogen) atoms. The molecular formula is C51H30N4O2. The third kappa shape index (κ3) is 4.94. The topological polar surface area (TPSA) is 69.9 Å².